The third-order valence-corrected chi connectivity index (χ3v) is 3.64. The standard InChI is InChI=1S/C13H14BrN3O/c14-10-7-9(8-15)4-5-11(10)17-13(18)12-3-1-2-6-16-12/h4-5,7,12,16H,1-3,6H2,(H,17,18)/t12-/m0/s1. The number of anilines is 1. The first-order valence-electron chi connectivity index (χ1n) is 5.94. The maximum atomic E-state index is 12.0. The second kappa shape index (κ2) is 5.98. The van der Waals surface area contributed by atoms with Gasteiger partial charge >= 0.3 is 0 Å². The van der Waals surface area contributed by atoms with Crippen molar-refractivity contribution in [3.05, 3.63) is 28.2 Å². The Kier molecular flexibility index (Phi) is 4.34. The van der Waals surface area contributed by atoms with Crippen LogP contribution in [0.2, 0.25) is 0 Å². The van der Waals surface area contributed by atoms with Crippen LogP contribution in [0.1, 0.15) is 24.8 Å². The molecule has 0 aromatic heterocycles. The van der Waals surface area contributed by atoms with Gasteiger partial charge in [-0.05, 0) is 53.5 Å². The molecule has 1 aromatic rings. The van der Waals surface area contributed by atoms with Gasteiger partial charge in [-0.1, -0.05) is 6.42 Å². The molecule has 94 valence electrons. The molecule has 4 nitrogen and oxygen atoms in total. The molecule has 1 heterocycles. The number of nitriles is 1. The van der Waals surface area contributed by atoms with E-state index in [-0.39, 0.29) is 11.9 Å². The van der Waals surface area contributed by atoms with Crippen molar-refractivity contribution in [2.45, 2.75) is 25.3 Å². The molecule has 1 aromatic carbocycles. The van der Waals surface area contributed by atoms with Crippen LogP contribution in [0.4, 0.5) is 5.69 Å². The molecule has 0 bridgehead atoms. The molecule has 0 saturated carbocycles. The number of halogens is 1. The molecule has 1 atom stereocenters. The van der Waals surface area contributed by atoms with Crippen LogP contribution in [0.25, 0.3) is 0 Å². The Bertz CT molecular complexity index is 489. The summed E-state index contributed by atoms with van der Waals surface area (Å²) in [5, 5.41) is 14.8. The quantitative estimate of drug-likeness (QED) is 0.882. The number of rotatable bonds is 2. The summed E-state index contributed by atoms with van der Waals surface area (Å²) in [6.45, 7) is 0.895. The molecule has 5 heteroatoms. The van der Waals surface area contributed by atoms with Crippen molar-refractivity contribution >= 4 is 27.5 Å². The third-order valence-electron chi connectivity index (χ3n) is 2.98. The number of nitrogens with one attached hydrogen (secondary N) is 2. The Morgan fingerprint density at radius 3 is 2.94 bits per heavy atom. The summed E-state index contributed by atoms with van der Waals surface area (Å²) < 4.78 is 0.728. The summed E-state index contributed by atoms with van der Waals surface area (Å²) in [5.41, 5.74) is 1.27. The summed E-state index contributed by atoms with van der Waals surface area (Å²) in [6, 6.07) is 7.07. The van der Waals surface area contributed by atoms with Crippen LogP contribution in [-0.2, 0) is 4.79 Å². The summed E-state index contributed by atoms with van der Waals surface area (Å²) in [5.74, 6) is -0.0138. The molecule has 0 spiro atoms. The number of piperidine rings is 1. The van der Waals surface area contributed by atoms with E-state index in [0.29, 0.717) is 11.3 Å². The lowest BCUT2D eigenvalue weighted by atomic mass is 10.0. The molecule has 18 heavy (non-hydrogen) atoms. The van der Waals surface area contributed by atoms with Crippen molar-refractivity contribution in [2.75, 3.05) is 11.9 Å². The van der Waals surface area contributed by atoms with Gasteiger partial charge in [0.1, 0.15) is 0 Å². The Morgan fingerprint density at radius 2 is 2.33 bits per heavy atom. The fraction of sp³-hybridized carbons (Fsp3) is 0.385. The molecule has 1 aliphatic heterocycles. The highest BCUT2D eigenvalue weighted by Crippen LogP contribution is 2.24. The molecule has 1 fully saturated rings. The predicted octanol–water partition coefficient (Wildman–Crippen LogP) is 2.40. The zero-order valence-corrected chi connectivity index (χ0v) is 11.5. The fourth-order valence-corrected chi connectivity index (χ4v) is 2.46. The molecule has 0 unspecified atom stereocenters. The highest BCUT2D eigenvalue weighted by molar-refractivity contribution is 9.10. The maximum Gasteiger partial charge on any atom is 0.241 e. The number of amides is 1. The van der Waals surface area contributed by atoms with E-state index in [4.69, 9.17) is 5.26 Å². The molecule has 2 rings (SSSR count). The van der Waals surface area contributed by atoms with Crippen LogP contribution in [-0.4, -0.2) is 18.5 Å². The van der Waals surface area contributed by atoms with Gasteiger partial charge in [-0.25, -0.2) is 0 Å². The van der Waals surface area contributed by atoms with Crippen LogP contribution >= 0.6 is 15.9 Å². The van der Waals surface area contributed by atoms with Crippen molar-refractivity contribution < 1.29 is 4.79 Å². The van der Waals surface area contributed by atoms with E-state index in [0.717, 1.165) is 30.3 Å². The minimum atomic E-state index is -0.110. The second-order valence-electron chi connectivity index (χ2n) is 4.30. The molecule has 1 saturated heterocycles. The first-order valence-corrected chi connectivity index (χ1v) is 6.74. The molecular formula is C13H14BrN3O. The first-order chi connectivity index (χ1) is 8.70. The number of carbonyl (C=O) groups excluding carboxylic acids is 1. The van der Waals surface area contributed by atoms with E-state index in [2.05, 4.69) is 32.6 Å². The maximum absolute atomic E-state index is 12.0. The van der Waals surface area contributed by atoms with E-state index in [1.165, 1.54) is 0 Å². The molecule has 2 N–H and O–H groups in total. The zero-order chi connectivity index (χ0) is 13.0. The number of benzene rings is 1. The van der Waals surface area contributed by atoms with Crippen LogP contribution in [0.15, 0.2) is 22.7 Å². The lowest BCUT2D eigenvalue weighted by molar-refractivity contribution is -0.118. The first kappa shape index (κ1) is 13.1. The third kappa shape index (κ3) is 3.09. The topological polar surface area (TPSA) is 64.9 Å². The minimum Gasteiger partial charge on any atom is -0.324 e. The van der Waals surface area contributed by atoms with Gasteiger partial charge < -0.3 is 10.6 Å². The van der Waals surface area contributed by atoms with Gasteiger partial charge in [0.05, 0.1) is 23.4 Å². The summed E-state index contributed by atoms with van der Waals surface area (Å²) >= 11 is 3.35. The predicted molar refractivity (Wildman–Crippen MR) is 73.1 cm³/mol. The largest absolute Gasteiger partial charge is 0.324 e. The second-order valence-corrected chi connectivity index (χ2v) is 5.15. The van der Waals surface area contributed by atoms with E-state index in [9.17, 15) is 4.79 Å². The number of hydrogen-bond acceptors (Lipinski definition) is 3. The van der Waals surface area contributed by atoms with Crippen molar-refractivity contribution in [3.63, 3.8) is 0 Å². The van der Waals surface area contributed by atoms with Crippen LogP contribution in [0.5, 0.6) is 0 Å². The van der Waals surface area contributed by atoms with Crippen molar-refractivity contribution in [2.24, 2.45) is 0 Å². The fourth-order valence-electron chi connectivity index (χ4n) is 1.98. The molecule has 0 radical (unpaired) electrons. The van der Waals surface area contributed by atoms with Gasteiger partial charge in [-0.3, -0.25) is 4.79 Å². The zero-order valence-electron chi connectivity index (χ0n) is 9.87. The molecular weight excluding hydrogens is 294 g/mol. The van der Waals surface area contributed by atoms with Gasteiger partial charge in [0, 0.05) is 4.47 Å². The van der Waals surface area contributed by atoms with E-state index in [1.807, 2.05) is 0 Å². The summed E-state index contributed by atoms with van der Waals surface area (Å²) in [6.07, 6.45) is 3.09. The minimum absolute atomic E-state index is 0.0138. The van der Waals surface area contributed by atoms with E-state index in [1.54, 1.807) is 18.2 Å². The van der Waals surface area contributed by atoms with Crippen molar-refractivity contribution in [1.82, 2.24) is 5.32 Å². The van der Waals surface area contributed by atoms with Crippen molar-refractivity contribution in [3.8, 4) is 6.07 Å². The van der Waals surface area contributed by atoms with E-state index >= 15 is 0 Å². The van der Waals surface area contributed by atoms with Crippen LogP contribution < -0.4 is 10.6 Å². The SMILES string of the molecule is N#Cc1ccc(NC(=O)[C@@H]2CCCCN2)c(Br)c1. The normalized spacial score (nSPS) is 19.0. The molecule has 0 aliphatic carbocycles. The lowest BCUT2D eigenvalue weighted by Gasteiger charge is -2.22. The molecule has 1 aliphatic rings. The van der Waals surface area contributed by atoms with Gasteiger partial charge in [0.25, 0.3) is 0 Å². The Balaban J connectivity index is 2.04. The van der Waals surface area contributed by atoms with E-state index < -0.39 is 0 Å². The number of carbonyl (C=O) groups is 1. The van der Waals surface area contributed by atoms with Gasteiger partial charge in [0.2, 0.25) is 5.91 Å². The summed E-state index contributed by atoms with van der Waals surface area (Å²) in [4.78, 5) is 12.0. The monoisotopic (exact) mass is 307 g/mol. The highest BCUT2D eigenvalue weighted by Gasteiger charge is 2.20. The van der Waals surface area contributed by atoms with Crippen molar-refractivity contribution in [1.29, 1.82) is 5.26 Å². The number of nitrogens with zero attached hydrogens (tertiary/aromatic N) is 1. The number of hydrogen-bond donors (Lipinski definition) is 2. The Labute approximate surface area is 115 Å². The lowest BCUT2D eigenvalue weighted by Crippen LogP contribution is -2.43. The van der Waals surface area contributed by atoms with Crippen LogP contribution in [0.3, 0.4) is 0 Å². The highest BCUT2D eigenvalue weighted by atomic mass is 79.9. The van der Waals surface area contributed by atoms with Crippen LogP contribution in [0, 0.1) is 11.3 Å². The smallest absolute Gasteiger partial charge is 0.241 e. The summed E-state index contributed by atoms with van der Waals surface area (Å²) in [7, 11) is 0. The average molecular weight is 308 g/mol. The molecule has 1 amide bonds. The van der Waals surface area contributed by atoms with Gasteiger partial charge in [-0.2, -0.15) is 5.26 Å². The van der Waals surface area contributed by atoms with Gasteiger partial charge in [0.15, 0.2) is 0 Å². The average Bonchev–Trinajstić information content (AvgIpc) is 2.42. The Morgan fingerprint density at radius 1 is 1.50 bits per heavy atom. The Hall–Kier alpha value is -1.38. The van der Waals surface area contributed by atoms with Gasteiger partial charge in [-0.15, -0.1) is 0 Å².